The van der Waals surface area contributed by atoms with Crippen LogP contribution in [0.15, 0.2) is 18.2 Å². The highest BCUT2D eigenvalue weighted by molar-refractivity contribution is 5.97. The number of non-ortho nitro benzene ring substituents is 1. The predicted molar refractivity (Wildman–Crippen MR) is 80.2 cm³/mol. The Kier molecular flexibility index (Phi) is 6.94. The summed E-state index contributed by atoms with van der Waals surface area (Å²) in [5.74, 6) is -1.63. The van der Waals surface area contributed by atoms with E-state index in [0.29, 0.717) is 0 Å². The molecule has 0 radical (unpaired) electrons. The van der Waals surface area contributed by atoms with Gasteiger partial charge in [0, 0.05) is 24.4 Å². The van der Waals surface area contributed by atoms with Crippen molar-refractivity contribution < 1.29 is 29.1 Å². The summed E-state index contributed by atoms with van der Waals surface area (Å²) in [5, 5.41) is 22.4. The molecule has 0 aliphatic rings. The molecule has 2 N–H and O–H groups in total. The van der Waals surface area contributed by atoms with E-state index >= 15 is 0 Å². The zero-order valence-corrected chi connectivity index (χ0v) is 12.8. The molecule has 0 spiro atoms. The van der Waals surface area contributed by atoms with Crippen molar-refractivity contribution in [2.45, 2.75) is 20.0 Å². The molecule has 0 saturated carbocycles. The number of hydrogen-bond donors (Lipinski definition) is 2. The normalized spacial score (nSPS) is 10.3. The molecule has 1 aromatic rings. The predicted octanol–water partition coefficient (Wildman–Crippen LogP) is 1.11. The molecule has 9 heteroatoms. The minimum atomic E-state index is -0.908. The second-order valence-corrected chi connectivity index (χ2v) is 4.75. The minimum Gasteiger partial charge on any atom is -0.460 e. The van der Waals surface area contributed by atoms with Crippen LogP contribution in [0, 0.1) is 10.1 Å². The molecular weight excluding hydrogens is 308 g/mol. The first-order valence-electron chi connectivity index (χ1n) is 6.85. The van der Waals surface area contributed by atoms with E-state index in [1.807, 2.05) is 0 Å². The summed E-state index contributed by atoms with van der Waals surface area (Å²) in [4.78, 5) is 33.6. The first-order valence-corrected chi connectivity index (χ1v) is 6.85. The molecule has 0 fully saturated rings. The fourth-order valence-corrected chi connectivity index (χ4v) is 1.66. The average molecular weight is 326 g/mol. The van der Waals surface area contributed by atoms with Crippen LogP contribution in [-0.2, 0) is 14.3 Å². The van der Waals surface area contributed by atoms with Crippen LogP contribution in [0.25, 0.3) is 0 Å². The van der Waals surface area contributed by atoms with Crippen molar-refractivity contribution in [3.63, 3.8) is 0 Å². The first-order chi connectivity index (χ1) is 10.8. The number of benzene rings is 1. The number of nitro benzene ring substituents is 1. The van der Waals surface area contributed by atoms with Crippen LogP contribution < -0.4 is 5.32 Å². The van der Waals surface area contributed by atoms with Gasteiger partial charge in [0.05, 0.1) is 23.2 Å². The number of aliphatic hydroxyl groups excluding tert-OH is 1. The minimum absolute atomic E-state index is 0.106. The van der Waals surface area contributed by atoms with Crippen LogP contribution >= 0.6 is 0 Å². The molecule has 0 aliphatic carbocycles. The van der Waals surface area contributed by atoms with Gasteiger partial charge in [-0.3, -0.25) is 10.1 Å². The highest BCUT2D eigenvalue weighted by Crippen LogP contribution is 2.23. The quantitative estimate of drug-likeness (QED) is 0.413. The second-order valence-electron chi connectivity index (χ2n) is 4.75. The first kappa shape index (κ1) is 18.4. The summed E-state index contributed by atoms with van der Waals surface area (Å²) in [5.41, 5.74) is -0.145. The van der Waals surface area contributed by atoms with Gasteiger partial charge in [-0.1, -0.05) is 0 Å². The lowest BCUT2D eigenvalue weighted by Crippen LogP contribution is -2.20. The molecular formula is C14H18N2O7. The van der Waals surface area contributed by atoms with Crippen LogP contribution in [0.1, 0.15) is 24.2 Å². The highest BCUT2D eigenvalue weighted by atomic mass is 16.6. The number of esters is 2. The Bertz CT molecular complexity index is 586. The van der Waals surface area contributed by atoms with Gasteiger partial charge in [-0.2, -0.15) is 0 Å². The fourth-order valence-electron chi connectivity index (χ4n) is 1.66. The van der Waals surface area contributed by atoms with Crippen molar-refractivity contribution >= 4 is 23.3 Å². The number of nitro groups is 1. The Morgan fingerprint density at radius 1 is 1.39 bits per heavy atom. The smallest absolute Gasteiger partial charge is 0.344 e. The van der Waals surface area contributed by atoms with Gasteiger partial charge in [-0.05, 0) is 19.9 Å². The van der Waals surface area contributed by atoms with Gasteiger partial charge < -0.3 is 19.9 Å². The number of carbonyl (C=O) groups is 2. The van der Waals surface area contributed by atoms with Crippen LogP contribution in [0.5, 0.6) is 0 Å². The summed E-state index contributed by atoms with van der Waals surface area (Å²) in [6, 6.07) is 3.58. The standard InChI is InChI=1S/C14H18N2O7/c1-9(2)23-13(18)8-22-14(19)11-7-10(16(20)21)3-4-12(11)15-5-6-17/h3-4,7,9,15,17H,5-6,8H2,1-2H3. The molecule has 23 heavy (non-hydrogen) atoms. The number of ether oxygens (including phenoxy) is 2. The third-order valence-corrected chi connectivity index (χ3v) is 2.55. The Balaban J connectivity index is 2.88. The van der Waals surface area contributed by atoms with Crippen molar-refractivity contribution in [2.75, 3.05) is 25.1 Å². The average Bonchev–Trinajstić information content (AvgIpc) is 2.49. The summed E-state index contributed by atoms with van der Waals surface area (Å²) < 4.78 is 9.63. The summed E-state index contributed by atoms with van der Waals surface area (Å²) >= 11 is 0. The molecule has 0 amide bonds. The van der Waals surface area contributed by atoms with Gasteiger partial charge in [-0.25, -0.2) is 9.59 Å². The van der Waals surface area contributed by atoms with Gasteiger partial charge in [0.1, 0.15) is 0 Å². The number of carbonyl (C=O) groups excluding carboxylic acids is 2. The Morgan fingerprint density at radius 2 is 2.09 bits per heavy atom. The van der Waals surface area contributed by atoms with E-state index in [4.69, 9.17) is 14.6 Å². The van der Waals surface area contributed by atoms with E-state index in [1.165, 1.54) is 12.1 Å². The molecule has 126 valence electrons. The van der Waals surface area contributed by atoms with E-state index < -0.39 is 23.5 Å². The topological polar surface area (TPSA) is 128 Å². The number of nitrogens with one attached hydrogen (secondary N) is 1. The second kappa shape index (κ2) is 8.69. The maximum atomic E-state index is 12.0. The molecule has 9 nitrogen and oxygen atoms in total. The van der Waals surface area contributed by atoms with Crippen LogP contribution in [0.2, 0.25) is 0 Å². The number of nitrogens with zero attached hydrogens (tertiary/aromatic N) is 1. The maximum absolute atomic E-state index is 12.0. The van der Waals surface area contributed by atoms with Crippen molar-refractivity contribution in [3.05, 3.63) is 33.9 Å². The summed E-state index contributed by atoms with van der Waals surface area (Å²) in [6.07, 6.45) is -0.346. The van der Waals surface area contributed by atoms with Crippen molar-refractivity contribution in [3.8, 4) is 0 Å². The molecule has 0 atom stereocenters. The van der Waals surface area contributed by atoms with Gasteiger partial charge in [0.15, 0.2) is 6.61 Å². The third kappa shape index (κ3) is 5.91. The molecule has 1 rings (SSSR count). The van der Waals surface area contributed by atoms with Crippen LogP contribution in [-0.4, -0.2) is 47.8 Å². The molecule has 0 heterocycles. The van der Waals surface area contributed by atoms with E-state index in [9.17, 15) is 19.7 Å². The molecule has 0 aromatic heterocycles. The van der Waals surface area contributed by atoms with E-state index in [2.05, 4.69) is 5.32 Å². The molecule has 1 aromatic carbocycles. The van der Waals surface area contributed by atoms with Crippen LogP contribution in [0.3, 0.4) is 0 Å². The molecule has 0 aliphatic heterocycles. The number of hydrogen-bond acceptors (Lipinski definition) is 8. The number of anilines is 1. The molecule has 0 saturated heterocycles. The Hall–Kier alpha value is -2.68. The zero-order chi connectivity index (χ0) is 17.4. The number of rotatable bonds is 8. The van der Waals surface area contributed by atoms with Crippen molar-refractivity contribution in [2.24, 2.45) is 0 Å². The lowest BCUT2D eigenvalue weighted by molar-refractivity contribution is -0.384. The number of aliphatic hydroxyl groups is 1. The van der Waals surface area contributed by atoms with E-state index in [0.717, 1.165) is 6.07 Å². The lowest BCUT2D eigenvalue weighted by atomic mass is 10.1. The van der Waals surface area contributed by atoms with Crippen molar-refractivity contribution in [1.82, 2.24) is 0 Å². The fraction of sp³-hybridized carbons (Fsp3) is 0.429. The SMILES string of the molecule is CC(C)OC(=O)COC(=O)c1cc([N+](=O)[O-])ccc1NCCO. The Morgan fingerprint density at radius 3 is 2.65 bits per heavy atom. The van der Waals surface area contributed by atoms with E-state index in [1.54, 1.807) is 13.8 Å². The highest BCUT2D eigenvalue weighted by Gasteiger charge is 2.19. The van der Waals surface area contributed by atoms with Gasteiger partial charge >= 0.3 is 11.9 Å². The van der Waals surface area contributed by atoms with Gasteiger partial charge in [0.2, 0.25) is 0 Å². The van der Waals surface area contributed by atoms with Gasteiger partial charge in [0.25, 0.3) is 5.69 Å². The van der Waals surface area contributed by atoms with Crippen molar-refractivity contribution in [1.29, 1.82) is 0 Å². The summed E-state index contributed by atoms with van der Waals surface area (Å²) in [7, 11) is 0. The maximum Gasteiger partial charge on any atom is 0.344 e. The van der Waals surface area contributed by atoms with Gasteiger partial charge in [-0.15, -0.1) is 0 Å². The monoisotopic (exact) mass is 326 g/mol. The largest absolute Gasteiger partial charge is 0.460 e. The summed E-state index contributed by atoms with van der Waals surface area (Å²) in [6.45, 7) is 2.66. The zero-order valence-electron chi connectivity index (χ0n) is 12.8. The van der Waals surface area contributed by atoms with Crippen LogP contribution in [0.4, 0.5) is 11.4 Å². The Labute approximate surface area is 132 Å². The molecule has 0 unspecified atom stereocenters. The lowest BCUT2D eigenvalue weighted by Gasteiger charge is -2.11. The third-order valence-electron chi connectivity index (χ3n) is 2.55. The molecule has 0 bridgehead atoms. The van der Waals surface area contributed by atoms with E-state index in [-0.39, 0.29) is 36.2 Å².